The molecule has 1 heterocycles. The van der Waals surface area contributed by atoms with Crippen LogP contribution in [-0.4, -0.2) is 17.9 Å². The summed E-state index contributed by atoms with van der Waals surface area (Å²) in [7, 11) is 1.88. The molecule has 0 aromatic heterocycles. The summed E-state index contributed by atoms with van der Waals surface area (Å²) in [6.07, 6.45) is 4.80. The van der Waals surface area contributed by atoms with E-state index in [4.69, 9.17) is 16.3 Å². The molecule has 1 aliphatic rings. The molecule has 20 heavy (non-hydrogen) atoms. The molecule has 0 bridgehead atoms. The SMILES string of the molecule is C=C1C(Cl)=C[C-]=C(c2ccc(OC(C)=O)cc2)N1C.[Y]. The van der Waals surface area contributed by atoms with Crippen LogP contribution < -0.4 is 4.74 Å². The number of carbonyl (C=O) groups excluding carboxylic acids is 1. The predicted molar refractivity (Wildman–Crippen MR) is 75.2 cm³/mol. The third-order valence-electron chi connectivity index (χ3n) is 2.74. The van der Waals surface area contributed by atoms with Gasteiger partial charge in [0.05, 0.1) is 0 Å². The molecular weight excluding hydrogens is 351 g/mol. The van der Waals surface area contributed by atoms with E-state index >= 15 is 0 Å². The van der Waals surface area contributed by atoms with Crippen LogP contribution in [0.1, 0.15) is 12.5 Å². The maximum absolute atomic E-state index is 10.8. The molecule has 5 heteroatoms. The fourth-order valence-electron chi connectivity index (χ4n) is 1.73. The summed E-state index contributed by atoms with van der Waals surface area (Å²) in [5, 5.41) is 0.572. The summed E-state index contributed by atoms with van der Waals surface area (Å²) in [5.41, 5.74) is 2.53. The number of esters is 1. The molecule has 1 radical (unpaired) electrons. The molecule has 2 rings (SSSR count). The Morgan fingerprint density at radius 1 is 1.35 bits per heavy atom. The third-order valence-corrected chi connectivity index (χ3v) is 3.07. The van der Waals surface area contributed by atoms with Crippen LogP contribution >= 0.6 is 11.6 Å². The Morgan fingerprint density at radius 2 is 1.95 bits per heavy atom. The number of likely N-dealkylation sites (N-methyl/N-ethyl adjacent to an activating group) is 1. The predicted octanol–water partition coefficient (Wildman–Crippen LogP) is 3.34. The number of allylic oxidation sites excluding steroid dienone is 3. The van der Waals surface area contributed by atoms with Crippen molar-refractivity contribution in [3.63, 3.8) is 0 Å². The fourth-order valence-corrected chi connectivity index (χ4v) is 1.91. The number of benzene rings is 1. The molecule has 1 aliphatic heterocycles. The number of carbonyl (C=O) groups is 1. The molecule has 0 fully saturated rings. The van der Waals surface area contributed by atoms with Gasteiger partial charge in [-0.05, 0) is 22.9 Å². The molecule has 0 atom stereocenters. The molecule has 0 amide bonds. The van der Waals surface area contributed by atoms with E-state index in [1.165, 1.54) is 6.92 Å². The van der Waals surface area contributed by atoms with E-state index in [0.29, 0.717) is 10.8 Å². The standard InChI is InChI=1S/C15H13ClNO2.Y/c1-10-14(16)8-9-15(17(10)3)12-4-6-13(7-5-12)19-11(2)18;/h4-8H,1H2,2-3H3;/q-1;. The van der Waals surface area contributed by atoms with Gasteiger partial charge in [-0.3, -0.25) is 4.79 Å². The molecule has 1 aromatic rings. The molecular formula is C15H13ClNO2Y-. The van der Waals surface area contributed by atoms with Gasteiger partial charge in [-0.25, -0.2) is 0 Å². The monoisotopic (exact) mass is 363 g/mol. The first kappa shape index (κ1) is 17.2. The summed E-state index contributed by atoms with van der Waals surface area (Å²) in [6.45, 7) is 5.28. The van der Waals surface area contributed by atoms with Crippen molar-refractivity contribution in [3.05, 3.63) is 59.3 Å². The van der Waals surface area contributed by atoms with Crippen molar-refractivity contribution in [2.24, 2.45) is 0 Å². The molecule has 101 valence electrons. The number of nitrogens with zero attached hydrogens (tertiary/aromatic N) is 1. The second-order valence-corrected chi connectivity index (χ2v) is 4.52. The minimum Gasteiger partial charge on any atom is -0.427 e. The Kier molecular flexibility index (Phi) is 6.18. The quantitative estimate of drug-likeness (QED) is 0.458. The van der Waals surface area contributed by atoms with E-state index in [9.17, 15) is 4.79 Å². The summed E-state index contributed by atoms with van der Waals surface area (Å²) in [4.78, 5) is 12.7. The van der Waals surface area contributed by atoms with Gasteiger partial charge in [-0.1, -0.05) is 17.8 Å². The van der Waals surface area contributed by atoms with Crippen LogP contribution in [0.15, 0.2) is 47.6 Å². The Hall–Kier alpha value is -0.896. The molecule has 0 saturated carbocycles. The van der Waals surface area contributed by atoms with E-state index < -0.39 is 0 Å². The van der Waals surface area contributed by atoms with E-state index in [1.807, 2.05) is 24.1 Å². The van der Waals surface area contributed by atoms with E-state index in [2.05, 4.69) is 12.7 Å². The van der Waals surface area contributed by atoms with Gasteiger partial charge in [-0.15, -0.1) is 12.1 Å². The van der Waals surface area contributed by atoms with Crippen molar-refractivity contribution in [3.8, 4) is 5.75 Å². The van der Waals surface area contributed by atoms with Crippen LogP contribution in [0.25, 0.3) is 5.70 Å². The normalized spacial score (nSPS) is 14.2. The molecule has 0 aliphatic carbocycles. The minimum atomic E-state index is -0.337. The zero-order valence-corrected chi connectivity index (χ0v) is 14.9. The van der Waals surface area contributed by atoms with Gasteiger partial charge in [0, 0.05) is 46.7 Å². The van der Waals surface area contributed by atoms with E-state index in [0.717, 1.165) is 17.0 Å². The molecule has 0 spiro atoms. The van der Waals surface area contributed by atoms with Gasteiger partial charge in [0.2, 0.25) is 0 Å². The molecule has 0 saturated heterocycles. The molecule has 3 nitrogen and oxygen atoms in total. The molecule has 1 aromatic carbocycles. The number of ether oxygens (including phenoxy) is 1. The first-order chi connectivity index (χ1) is 8.99. The van der Waals surface area contributed by atoms with Crippen LogP contribution in [0.3, 0.4) is 0 Å². The zero-order valence-electron chi connectivity index (χ0n) is 11.3. The smallest absolute Gasteiger partial charge is 0.308 e. The van der Waals surface area contributed by atoms with Gasteiger partial charge < -0.3 is 9.64 Å². The Bertz CT molecular complexity index is 590. The van der Waals surface area contributed by atoms with Gasteiger partial charge in [0.1, 0.15) is 5.75 Å². The first-order valence-corrected chi connectivity index (χ1v) is 6.08. The van der Waals surface area contributed by atoms with E-state index in [1.54, 1.807) is 18.2 Å². The van der Waals surface area contributed by atoms with Crippen LogP contribution in [0.4, 0.5) is 0 Å². The molecule has 0 unspecified atom stereocenters. The summed E-state index contributed by atoms with van der Waals surface area (Å²) < 4.78 is 4.99. The topological polar surface area (TPSA) is 29.5 Å². The van der Waals surface area contributed by atoms with Crippen molar-refractivity contribution < 1.29 is 42.2 Å². The van der Waals surface area contributed by atoms with Crippen molar-refractivity contribution in [1.29, 1.82) is 0 Å². The van der Waals surface area contributed by atoms with Crippen molar-refractivity contribution in [2.45, 2.75) is 6.92 Å². The maximum atomic E-state index is 10.8. The third kappa shape index (κ3) is 3.81. The van der Waals surface area contributed by atoms with Crippen LogP contribution in [-0.2, 0) is 37.5 Å². The second-order valence-electron chi connectivity index (χ2n) is 4.11. The number of halogens is 1. The van der Waals surface area contributed by atoms with Gasteiger partial charge in [0.15, 0.2) is 0 Å². The Balaban J connectivity index is 0.00000200. The van der Waals surface area contributed by atoms with Crippen LogP contribution in [0, 0.1) is 6.08 Å². The molecule has 0 N–H and O–H groups in total. The van der Waals surface area contributed by atoms with Gasteiger partial charge >= 0.3 is 5.97 Å². The fraction of sp³-hybridized carbons (Fsp3) is 0.133. The zero-order chi connectivity index (χ0) is 14.0. The summed E-state index contributed by atoms with van der Waals surface area (Å²) in [5.74, 6) is 0.180. The van der Waals surface area contributed by atoms with E-state index in [-0.39, 0.29) is 38.7 Å². The number of rotatable bonds is 2. The largest absolute Gasteiger partial charge is 0.427 e. The van der Waals surface area contributed by atoms with Crippen molar-refractivity contribution in [1.82, 2.24) is 4.90 Å². The second kappa shape index (κ2) is 7.21. The van der Waals surface area contributed by atoms with Crippen LogP contribution in [0.5, 0.6) is 5.75 Å². The van der Waals surface area contributed by atoms with Crippen molar-refractivity contribution in [2.75, 3.05) is 7.05 Å². The summed E-state index contributed by atoms with van der Waals surface area (Å²) in [6, 6.07) is 7.19. The van der Waals surface area contributed by atoms with Crippen LogP contribution in [0.2, 0.25) is 0 Å². The Morgan fingerprint density at radius 3 is 2.50 bits per heavy atom. The average Bonchev–Trinajstić information content (AvgIpc) is 2.37. The maximum Gasteiger partial charge on any atom is 0.308 e. The van der Waals surface area contributed by atoms with Gasteiger partial charge in [-0.2, -0.15) is 23.8 Å². The van der Waals surface area contributed by atoms with Crippen molar-refractivity contribution >= 4 is 23.3 Å². The first-order valence-electron chi connectivity index (χ1n) is 5.70. The number of hydrogen-bond donors (Lipinski definition) is 0. The van der Waals surface area contributed by atoms with Gasteiger partial charge in [0.25, 0.3) is 0 Å². The minimum absolute atomic E-state index is 0. The summed E-state index contributed by atoms with van der Waals surface area (Å²) >= 11 is 5.98. The number of hydrogen-bond acceptors (Lipinski definition) is 3. The average molecular weight is 364 g/mol. The Labute approximate surface area is 148 Å².